The van der Waals surface area contributed by atoms with Crippen LogP contribution in [0.3, 0.4) is 0 Å². The molecule has 4 aromatic heterocycles. The predicted molar refractivity (Wildman–Crippen MR) is 203 cm³/mol. The van der Waals surface area contributed by atoms with E-state index in [9.17, 15) is 0 Å². The van der Waals surface area contributed by atoms with Crippen molar-refractivity contribution in [2.45, 2.75) is 0 Å². The zero-order chi connectivity index (χ0) is 31.3. The Bertz CT molecular complexity index is 3120. The Morgan fingerprint density at radius 3 is 1.96 bits per heavy atom. The van der Waals surface area contributed by atoms with Crippen LogP contribution >= 0.6 is 11.3 Å². The lowest BCUT2D eigenvalue weighted by Gasteiger charge is -2.16. The molecular weight excluding hydrogens is 605 g/mol. The number of para-hydroxylation sites is 1. The number of hydrogen-bond acceptors (Lipinski definition) is 4. The lowest BCUT2D eigenvalue weighted by atomic mass is 9.94. The first-order valence-electron chi connectivity index (χ1n) is 16.1. The predicted octanol–water partition coefficient (Wildman–Crippen LogP) is 11.6. The van der Waals surface area contributed by atoms with Gasteiger partial charge in [0.2, 0.25) is 5.95 Å². The molecule has 0 fully saturated rings. The fourth-order valence-corrected chi connectivity index (χ4v) is 9.11. The molecule has 0 unspecified atom stereocenters. The van der Waals surface area contributed by atoms with Crippen LogP contribution in [-0.4, -0.2) is 19.5 Å². The fraction of sp³-hybridized carbons (Fsp3) is 0. The number of benzene rings is 7. The highest BCUT2D eigenvalue weighted by Gasteiger charge is 2.25. The SMILES string of the molecule is c1ccc(-c2nc(-n3c4ccccc4c4c5ccncc5c5sc6ccccc6c5c43)nc3c4ccccc4c4ccccc4c23)cc1. The van der Waals surface area contributed by atoms with Gasteiger partial charge in [-0.05, 0) is 39.7 Å². The number of fused-ring (bicyclic) bond motifs is 16. The van der Waals surface area contributed by atoms with Crippen LogP contribution in [0.4, 0.5) is 0 Å². The number of thiophene rings is 1. The quantitative estimate of drug-likeness (QED) is 0.179. The summed E-state index contributed by atoms with van der Waals surface area (Å²) >= 11 is 1.83. The molecule has 11 rings (SSSR count). The monoisotopic (exact) mass is 628 g/mol. The second-order valence-corrected chi connectivity index (χ2v) is 13.4. The summed E-state index contributed by atoms with van der Waals surface area (Å²) in [6.45, 7) is 0. The third-order valence-corrected chi connectivity index (χ3v) is 11.1. The third-order valence-electron chi connectivity index (χ3n) is 9.86. The normalized spacial score (nSPS) is 12.2. The van der Waals surface area contributed by atoms with Crippen LogP contribution in [0.15, 0.2) is 146 Å². The molecule has 0 atom stereocenters. The maximum absolute atomic E-state index is 5.58. The highest BCUT2D eigenvalue weighted by molar-refractivity contribution is 7.27. The first kappa shape index (κ1) is 26.0. The molecule has 0 spiro atoms. The summed E-state index contributed by atoms with van der Waals surface area (Å²) in [5, 5.41) is 12.9. The molecule has 4 nitrogen and oxygen atoms in total. The molecule has 48 heavy (non-hydrogen) atoms. The van der Waals surface area contributed by atoms with E-state index < -0.39 is 0 Å². The van der Waals surface area contributed by atoms with Gasteiger partial charge < -0.3 is 0 Å². The van der Waals surface area contributed by atoms with Crippen LogP contribution in [0.2, 0.25) is 0 Å². The smallest absolute Gasteiger partial charge is 0.235 e. The highest BCUT2D eigenvalue weighted by atomic mass is 32.1. The van der Waals surface area contributed by atoms with Crippen LogP contribution in [-0.2, 0) is 0 Å². The van der Waals surface area contributed by atoms with Gasteiger partial charge in [0.15, 0.2) is 0 Å². The fourth-order valence-electron chi connectivity index (χ4n) is 7.88. The van der Waals surface area contributed by atoms with E-state index in [1.807, 2.05) is 23.7 Å². The van der Waals surface area contributed by atoms with E-state index in [4.69, 9.17) is 9.97 Å². The van der Waals surface area contributed by atoms with Gasteiger partial charge in [-0.1, -0.05) is 115 Å². The maximum atomic E-state index is 5.58. The molecule has 0 saturated carbocycles. The molecule has 5 heteroatoms. The van der Waals surface area contributed by atoms with Gasteiger partial charge in [-0.2, -0.15) is 0 Å². The van der Waals surface area contributed by atoms with Gasteiger partial charge in [-0.15, -0.1) is 11.3 Å². The van der Waals surface area contributed by atoms with Gasteiger partial charge in [0.25, 0.3) is 0 Å². The van der Waals surface area contributed by atoms with Crippen LogP contribution < -0.4 is 0 Å². The van der Waals surface area contributed by atoms with E-state index in [2.05, 4.69) is 143 Å². The second kappa shape index (κ2) is 9.67. The maximum Gasteiger partial charge on any atom is 0.235 e. The Kier molecular flexibility index (Phi) is 5.23. The highest BCUT2D eigenvalue weighted by Crippen LogP contribution is 2.48. The molecule has 0 saturated heterocycles. The summed E-state index contributed by atoms with van der Waals surface area (Å²) in [5.41, 5.74) is 5.16. The van der Waals surface area contributed by atoms with Crippen LogP contribution in [0.1, 0.15) is 0 Å². The van der Waals surface area contributed by atoms with Gasteiger partial charge >= 0.3 is 0 Å². The number of pyridine rings is 1. The van der Waals surface area contributed by atoms with E-state index in [1.54, 1.807) is 0 Å². The van der Waals surface area contributed by atoms with Crippen molar-refractivity contribution in [3.8, 4) is 17.2 Å². The van der Waals surface area contributed by atoms with E-state index in [1.165, 1.54) is 52.5 Å². The van der Waals surface area contributed by atoms with E-state index in [0.717, 1.165) is 44.0 Å². The summed E-state index contributed by atoms with van der Waals surface area (Å²) < 4.78 is 4.81. The molecule has 0 aliphatic heterocycles. The number of hydrogen-bond donors (Lipinski definition) is 0. The Balaban J connectivity index is 1.42. The molecule has 11 aromatic rings. The van der Waals surface area contributed by atoms with Crippen molar-refractivity contribution in [3.05, 3.63) is 146 Å². The molecule has 0 N–H and O–H groups in total. The number of rotatable bonds is 2. The summed E-state index contributed by atoms with van der Waals surface area (Å²) in [4.78, 5) is 15.7. The molecule has 0 radical (unpaired) electrons. The lowest BCUT2D eigenvalue weighted by molar-refractivity contribution is 1.02. The first-order chi connectivity index (χ1) is 23.8. The zero-order valence-electron chi connectivity index (χ0n) is 25.6. The topological polar surface area (TPSA) is 43.6 Å². The summed E-state index contributed by atoms with van der Waals surface area (Å²) in [7, 11) is 0. The molecule has 222 valence electrons. The van der Waals surface area contributed by atoms with E-state index in [0.29, 0.717) is 5.95 Å². The van der Waals surface area contributed by atoms with Crippen LogP contribution in [0.5, 0.6) is 0 Å². The standard InChI is InChI=1S/C43H24N4S/c1-2-12-25(13-3-1)39-37-28-16-6-4-14-26(28)27-15-5-7-17-30(27)40(37)46-43(45-39)47-34-20-10-8-18-31(34)36-29-22-23-44-24-33(29)42-38(41(36)47)32-19-9-11-21-35(32)48-42/h1-24H. The number of aromatic nitrogens is 4. The molecule has 0 aliphatic rings. The van der Waals surface area contributed by atoms with Gasteiger partial charge in [-0.3, -0.25) is 9.55 Å². The summed E-state index contributed by atoms with van der Waals surface area (Å²) in [6.07, 6.45) is 3.93. The number of nitrogens with zero attached hydrogens (tertiary/aromatic N) is 4. The van der Waals surface area contributed by atoms with Crippen molar-refractivity contribution in [1.29, 1.82) is 0 Å². The van der Waals surface area contributed by atoms with Crippen LogP contribution in [0, 0.1) is 0 Å². The van der Waals surface area contributed by atoms with Crippen molar-refractivity contribution >= 4 is 96.5 Å². The van der Waals surface area contributed by atoms with Crippen molar-refractivity contribution in [2.24, 2.45) is 0 Å². The minimum Gasteiger partial charge on any atom is -0.277 e. The van der Waals surface area contributed by atoms with Gasteiger partial charge in [0, 0.05) is 65.1 Å². The molecule has 4 heterocycles. The largest absolute Gasteiger partial charge is 0.277 e. The molecule has 7 aromatic carbocycles. The molecule has 0 bridgehead atoms. The molecular formula is C43H24N4S. The van der Waals surface area contributed by atoms with Gasteiger partial charge in [0.05, 0.1) is 22.2 Å². The van der Waals surface area contributed by atoms with E-state index >= 15 is 0 Å². The van der Waals surface area contributed by atoms with Crippen molar-refractivity contribution < 1.29 is 0 Å². The minimum atomic E-state index is 0.665. The molecule has 0 amide bonds. The van der Waals surface area contributed by atoms with Crippen molar-refractivity contribution in [1.82, 2.24) is 19.5 Å². The average Bonchev–Trinajstić information content (AvgIpc) is 3.72. The zero-order valence-corrected chi connectivity index (χ0v) is 26.4. The summed E-state index contributed by atoms with van der Waals surface area (Å²) in [5.74, 6) is 0.665. The minimum absolute atomic E-state index is 0.665. The first-order valence-corrected chi connectivity index (χ1v) is 16.9. The van der Waals surface area contributed by atoms with Crippen molar-refractivity contribution in [2.75, 3.05) is 0 Å². The van der Waals surface area contributed by atoms with E-state index in [-0.39, 0.29) is 0 Å². The Hall–Kier alpha value is -6.17. The van der Waals surface area contributed by atoms with Crippen molar-refractivity contribution in [3.63, 3.8) is 0 Å². The van der Waals surface area contributed by atoms with Gasteiger partial charge in [-0.25, -0.2) is 9.97 Å². The summed E-state index contributed by atoms with van der Waals surface area (Å²) in [6, 6.07) is 47.4. The Morgan fingerprint density at radius 1 is 0.479 bits per heavy atom. The van der Waals surface area contributed by atoms with Crippen LogP contribution in [0.25, 0.3) is 102 Å². The molecule has 0 aliphatic carbocycles. The second-order valence-electron chi connectivity index (χ2n) is 12.4. The lowest BCUT2D eigenvalue weighted by Crippen LogP contribution is -2.04. The Labute approximate surface area is 278 Å². The van der Waals surface area contributed by atoms with Gasteiger partial charge in [0.1, 0.15) is 0 Å². The Morgan fingerprint density at radius 2 is 1.12 bits per heavy atom. The average molecular weight is 629 g/mol. The third kappa shape index (κ3) is 3.40.